The molecule has 130 valence electrons. The van der Waals surface area contributed by atoms with Gasteiger partial charge in [-0.15, -0.1) is 3.77 Å². The first-order valence-electron chi connectivity index (χ1n) is 6.34. The summed E-state index contributed by atoms with van der Waals surface area (Å²) < 4.78 is 79.3. The fraction of sp³-hybridized carbons (Fsp3) is 0.143. The van der Waals surface area contributed by atoms with Crippen LogP contribution >= 0.6 is 11.6 Å². The Bertz CT molecular complexity index is 977. The second-order valence-electron chi connectivity index (χ2n) is 4.80. The van der Waals surface area contributed by atoms with Gasteiger partial charge >= 0.3 is 6.18 Å². The molecule has 0 radical (unpaired) electrons. The summed E-state index contributed by atoms with van der Waals surface area (Å²) in [5.74, 6) is 0. The summed E-state index contributed by atoms with van der Waals surface area (Å²) in [7, 11) is -8.28. The van der Waals surface area contributed by atoms with Gasteiger partial charge in [-0.05, 0) is 36.4 Å². The second-order valence-corrected chi connectivity index (χ2v) is 9.30. The molecule has 0 saturated carbocycles. The summed E-state index contributed by atoms with van der Waals surface area (Å²) in [6.45, 7) is 0. The Morgan fingerprint density at radius 3 is 2.04 bits per heavy atom. The lowest BCUT2D eigenvalue weighted by atomic mass is 10.2. The van der Waals surface area contributed by atoms with Crippen molar-refractivity contribution in [1.82, 2.24) is 0 Å². The zero-order valence-corrected chi connectivity index (χ0v) is 14.5. The van der Waals surface area contributed by atoms with Crippen molar-refractivity contribution in [3.63, 3.8) is 0 Å². The number of rotatable bonds is 3. The minimum Gasteiger partial charge on any atom is -0.244 e. The molecule has 4 nitrogen and oxygen atoms in total. The van der Waals surface area contributed by atoms with Gasteiger partial charge in [-0.2, -0.15) is 21.6 Å². The Kier molecular flexibility index (Phi) is 4.98. The first-order valence-corrected chi connectivity index (χ1v) is 10.1. The van der Waals surface area contributed by atoms with E-state index in [1.165, 1.54) is 24.3 Å². The number of benzene rings is 2. The topological polar surface area (TPSA) is 63.6 Å². The molecule has 0 aliphatic carbocycles. The fourth-order valence-electron chi connectivity index (χ4n) is 1.88. The van der Waals surface area contributed by atoms with E-state index in [0.29, 0.717) is 11.1 Å². The lowest BCUT2D eigenvalue weighted by molar-refractivity contribution is -0.139. The molecule has 2 aromatic rings. The predicted octanol–water partition coefficient (Wildman–Crippen LogP) is 4.20. The standard InChI is InChI=1S/C14H11ClF3NO3S2/c1-23(20,11-8-6-10(15)7-9-11)19-24(21,22)13-5-3-2-4-12(13)14(16,17)18/h2-9H,1H3/t23-/m1/s1. The van der Waals surface area contributed by atoms with Gasteiger partial charge in [0.1, 0.15) is 4.90 Å². The SMILES string of the molecule is C[S@](=O)(=NS(=O)(=O)c1ccccc1C(F)(F)F)c1ccc(Cl)cc1. The highest BCUT2D eigenvalue weighted by Crippen LogP contribution is 2.35. The van der Waals surface area contributed by atoms with Crippen LogP contribution < -0.4 is 0 Å². The van der Waals surface area contributed by atoms with Crippen LogP contribution in [0.5, 0.6) is 0 Å². The summed E-state index contributed by atoms with van der Waals surface area (Å²) in [6.07, 6.45) is -3.85. The Morgan fingerprint density at radius 2 is 1.50 bits per heavy atom. The van der Waals surface area contributed by atoms with E-state index < -0.39 is 36.4 Å². The third-order valence-electron chi connectivity index (χ3n) is 2.96. The molecular weight excluding hydrogens is 387 g/mol. The minimum absolute atomic E-state index is 0.0416. The summed E-state index contributed by atoms with van der Waals surface area (Å²) in [6, 6.07) is 8.97. The van der Waals surface area contributed by atoms with Crippen LogP contribution in [0.25, 0.3) is 0 Å². The largest absolute Gasteiger partial charge is 0.417 e. The van der Waals surface area contributed by atoms with Crippen LogP contribution in [0.3, 0.4) is 0 Å². The third kappa shape index (κ3) is 4.08. The zero-order valence-electron chi connectivity index (χ0n) is 12.1. The lowest BCUT2D eigenvalue weighted by Crippen LogP contribution is -2.13. The van der Waals surface area contributed by atoms with Crippen molar-refractivity contribution in [3.05, 3.63) is 59.1 Å². The van der Waals surface area contributed by atoms with Crippen molar-refractivity contribution < 1.29 is 25.8 Å². The number of hydrogen-bond acceptors (Lipinski definition) is 3. The molecule has 0 bridgehead atoms. The summed E-state index contributed by atoms with van der Waals surface area (Å²) in [5.41, 5.74) is -1.36. The first-order chi connectivity index (χ1) is 10.9. The number of halogens is 4. The van der Waals surface area contributed by atoms with Gasteiger partial charge in [0.2, 0.25) is 0 Å². The molecule has 0 aromatic heterocycles. The average molecular weight is 398 g/mol. The van der Waals surface area contributed by atoms with Gasteiger partial charge in [0.05, 0.1) is 15.3 Å². The highest BCUT2D eigenvalue weighted by molar-refractivity contribution is 8.03. The van der Waals surface area contributed by atoms with Gasteiger partial charge in [-0.3, -0.25) is 0 Å². The third-order valence-corrected chi connectivity index (χ3v) is 7.20. The summed E-state index contributed by atoms with van der Waals surface area (Å²) >= 11 is 5.70. The zero-order chi connectivity index (χ0) is 18.2. The van der Waals surface area contributed by atoms with Crippen molar-refractivity contribution in [2.24, 2.45) is 3.77 Å². The summed E-state index contributed by atoms with van der Waals surface area (Å²) in [4.78, 5) is -0.999. The summed E-state index contributed by atoms with van der Waals surface area (Å²) in [5, 5.41) is 0.333. The van der Waals surface area contributed by atoms with Gasteiger partial charge in [-0.25, -0.2) is 4.21 Å². The maximum atomic E-state index is 13.0. The maximum Gasteiger partial charge on any atom is 0.417 e. The van der Waals surface area contributed by atoms with E-state index in [2.05, 4.69) is 3.77 Å². The highest BCUT2D eigenvalue weighted by Gasteiger charge is 2.37. The van der Waals surface area contributed by atoms with Gasteiger partial charge in [0, 0.05) is 16.2 Å². The van der Waals surface area contributed by atoms with Crippen LogP contribution in [0.1, 0.15) is 5.56 Å². The Labute approximate surface area is 142 Å². The van der Waals surface area contributed by atoms with E-state index in [9.17, 15) is 25.8 Å². The maximum absolute atomic E-state index is 13.0. The van der Waals surface area contributed by atoms with E-state index >= 15 is 0 Å². The molecule has 0 amide bonds. The number of nitrogens with zero attached hydrogens (tertiary/aromatic N) is 1. The van der Waals surface area contributed by atoms with E-state index in [0.717, 1.165) is 24.5 Å². The van der Waals surface area contributed by atoms with E-state index in [-0.39, 0.29) is 4.90 Å². The molecule has 2 rings (SSSR count). The lowest BCUT2D eigenvalue weighted by Gasteiger charge is -2.11. The van der Waals surface area contributed by atoms with Crippen molar-refractivity contribution in [2.45, 2.75) is 16.0 Å². The van der Waals surface area contributed by atoms with Crippen molar-refractivity contribution in [3.8, 4) is 0 Å². The van der Waals surface area contributed by atoms with E-state index in [1.807, 2.05) is 0 Å². The molecule has 2 aromatic carbocycles. The molecule has 1 atom stereocenters. The molecular formula is C14H11ClF3NO3S2. The molecule has 10 heteroatoms. The minimum atomic E-state index is -4.88. The van der Waals surface area contributed by atoms with Gasteiger partial charge in [0.25, 0.3) is 10.0 Å². The number of alkyl halides is 3. The monoisotopic (exact) mass is 397 g/mol. The molecule has 0 N–H and O–H groups in total. The normalized spacial score (nSPS) is 14.9. The van der Waals surface area contributed by atoms with E-state index in [4.69, 9.17) is 11.6 Å². The number of sulfonamides is 1. The second kappa shape index (κ2) is 6.38. The molecule has 0 aliphatic heterocycles. The molecule has 0 aliphatic rings. The Morgan fingerprint density at radius 1 is 0.958 bits per heavy atom. The first kappa shape index (κ1) is 18.8. The molecule has 0 saturated heterocycles. The van der Waals surface area contributed by atoms with Crippen molar-refractivity contribution in [2.75, 3.05) is 6.26 Å². The molecule has 0 unspecified atom stereocenters. The highest BCUT2D eigenvalue weighted by atomic mass is 35.5. The van der Waals surface area contributed by atoms with Crippen LogP contribution in [-0.4, -0.2) is 18.9 Å². The van der Waals surface area contributed by atoms with E-state index in [1.54, 1.807) is 0 Å². The van der Waals surface area contributed by atoms with Crippen LogP contribution in [0, 0.1) is 0 Å². The Hall–Kier alpha value is -1.58. The van der Waals surface area contributed by atoms with Crippen LogP contribution in [0.2, 0.25) is 5.02 Å². The fourth-order valence-corrected chi connectivity index (χ4v) is 5.53. The molecule has 0 spiro atoms. The van der Waals surface area contributed by atoms with Crippen LogP contribution in [0.15, 0.2) is 62.1 Å². The quantitative estimate of drug-likeness (QED) is 0.779. The van der Waals surface area contributed by atoms with Gasteiger partial charge in [-0.1, -0.05) is 23.7 Å². The van der Waals surface area contributed by atoms with Gasteiger partial charge in [0.15, 0.2) is 0 Å². The number of hydrogen-bond donors (Lipinski definition) is 0. The van der Waals surface area contributed by atoms with Gasteiger partial charge < -0.3 is 0 Å². The van der Waals surface area contributed by atoms with Crippen molar-refractivity contribution >= 4 is 31.4 Å². The smallest absolute Gasteiger partial charge is 0.244 e. The molecule has 0 fully saturated rings. The van der Waals surface area contributed by atoms with Crippen LogP contribution in [-0.2, 0) is 25.9 Å². The van der Waals surface area contributed by atoms with Crippen LogP contribution in [0.4, 0.5) is 13.2 Å². The Balaban J connectivity index is 2.64. The van der Waals surface area contributed by atoms with Crippen molar-refractivity contribution in [1.29, 1.82) is 0 Å². The average Bonchev–Trinajstić information content (AvgIpc) is 2.46. The molecule has 24 heavy (non-hydrogen) atoms. The molecule has 0 heterocycles. The predicted molar refractivity (Wildman–Crippen MR) is 84.8 cm³/mol.